The summed E-state index contributed by atoms with van der Waals surface area (Å²) in [5.41, 5.74) is 1.87. The second-order valence-electron chi connectivity index (χ2n) is 6.67. The summed E-state index contributed by atoms with van der Waals surface area (Å²) in [7, 11) is 23.1. The monoisotopic (exact) mass is 355 g/mol. The van der Waals surface area contributed by atoms with Crippen molar-refractivity contribution in [2.75, 3.05) is 13.2 Å². The molecule has 1 unspecified atom stereocenters. The maximum absolute atomic E-state index is 10.4. The highest BCUT2D eigenvalue weighted by atomic mass is 16.5. The molecule has 0 aromatic heterocycles. The lowest BCUT2D eigenvalue weighted by atomic mass is 9.39. The zero-order chi connectivity index (χ0) is 19.9. The first-order valence-corrected chi connectivity index (χ1v) is 8.66. The van der Waals surface area contributed by atoms with Gasteiger partial charge in [0.2, 0.25) is 0 Å². The SMILES string of the molecule is [B]C([B])(O)C([B])([B])N(Cc1ccccc1)CC(O)COCc1ccccc1. The summed E-state index contributed by atoms with van der Waals surface area (Å²) in [5, 5.41) is 16.0. The standard InChI is InChI=1S/C19H21B4NO3/c20-18(21,19(22,23)26)24(11-15-7-3-1-4-8-15)12-17(25)14-27-13-16-9-5-2-6-10-16/h1-10,17,25-26H,11-14H2. The normalized spacial score (nSPS) is 13.6. The summed E-state index contributed by atoms with van der Waals surface area (Å²) in [6.45, 7) is 0.669. The minimum absolute atomic E-state index is 0.00734. The third kappa shape index (κ3) is 6.58. The summed E-state index contributed by atoms with van der Waals surface area (Å²) < 4.78 is 5.55. The lowest BCUT2D eigenvalue weighted by Crippen LogP contribution is -2.67. The highest BCUT2D eigenvalue weighted by Gasteiger charge is 2.38. The number of hydrogen-bond donors (Lipinski definition) is 2. The number of hydrogen-bond acceptors (Lipinski definition) is 4. The van der Waals surface area contributed by atoms with Crippen LogP contribution < -0.4 is 0 Å². The Kier molecular flexibility index (Phi) is 7.80. The Bertz CT molecular complexity index is 680. The molecule has 1 atom stereocenters. The Morgan fingerprint density at radius 3 is 1.93 bits per heavy atom. The van der Waals surface area contributed by atoms with Gasteiger partial charge >= 0.3 is 0 Å². The van der Waals surface area contributed by atoms with Crippen LogP contribution in [0.2, 0.25) is 0 Å². The van der Waals surface area contributed by atoms with Gasteiger partial charge in [0, 0.05) is 13.1 Å². The van der Waals surface area contributed by atoms with Crippen LogP contribution in [0.1, 0.15) is 11.1 Å². The van der Waals surface area contributed by atoms with Gasteiger partial charge in [-0.25, -0.2) is 0 Å². The Hall–Kier alpha value is -1.46. The van der Waals surface area contributed by atoms with E-state index in [1.807, 2.05) is 60.7 Å². The minimum Gasteiger partial charge on any atom is -0.409 e. The molecule has 0 saturated heterocycles. The van der Waals surface area contributed by atoms with E-state index in [1.54, 1.807) is 0 Å². The van der Waals surface area contributed by atoms with Crippen LogP contribution in [0.5, 0.6) is 0 Å². The van der Waals surface area contributed by atoms with Crippen LogP contribution in [0, 0.1) is 0 Å². The maximum atomic E-state index is 10.4. The number of benzene rings is 2. The van der Waals surface area contributed by atoms with Gasteiger partial charge in [-0.1, -0.05) is 60.7 Å². The summed E-state index contributed by atoms with van der Waals surface area (Å²) in [5.74, 6) is 0. The van der Waals surface area contributed by atoms with Gasteiger partial charge in [0.25, 0.3) is 0 Å². The van der Waals surface area contributed by atoms with Gasteiger partial charge < -0.3 is 19.8 Å². The molecule has 0 fully saturated rings. The zero-order valence-electron chi connectivity index (χ0n) is 15.2. The molecule has 2 aromatic carbocycles. The molecule has 0 bridgehead atoms. The summed E-state index contributed by atoms with van der Waals surface area (Å²) in [6, 6.07) is 18.9. The lowest BCUT2D eigenvalue weighted by Gasteiger charge is -2.49. The van der Waals surface area contributed by atoms with Crippen molar-refractivity contribution in [3.05, 3.63) is 71.8 Å². The van der Waals surface area contributed by atoms with Crippen molar-refractivity contribution in [1.29, 1.82) is 0 Å². The molecule has 2 aromatic rings. The fourth-order valence-corrected chi connectivity index (χ4v) is 2.60. The van der Waals surface area contributed by atoms with E-state index in [2.05, 4.69) is 0 Å². The Balaban J connectivity index is 2.00. The van der Waals surface area contributed by atoms with Crippen LogP contribution in [0.4, 0.5) is 0 Å². The van der Waals surface area contributed by atoms with E-state index in [9.17, 15) is 10.2 Å². The van der Waals surface area contributed by atoms with Crippen molar-refractivity contribution < 1.29 is 14.9 Å². The van der Waals surface area contributed by atoms with E-state index < -0.39 is 16.8 Å². The smallest absolute Gasteiger partial charge is 0.0993 e. The van der Waals surface area contributed by atoms with Gasteiger partial charge in [-0.05, 0) is 21.9 Å². The first-order valence-electron chi connectivity index (χ1n) is 8.66. The molecule has 0 aliphatic carbocycles. The summed E-state index contributed by atoms with van der Waals surface area (Å²) in [6.07, 6.45) is -0.911. The summed E-state index contributed by atoms with van der Waals surface area (Å²) >= 11 is 0. The Morgan fingerprint density at radius 1 is 0.889 bits per heavy atom. The third-order valence-electron chi connectivity index (χ3n) is 4.23. The van der Waals surface area contributed by atoms with Gasteiger partial charge in [-0.2, -0.15) is 0 Å². The highest BCUT2D eigenvalue weighted by Crippen LogP contribution is 2.21. The van der Waals surface area contributed by atoms with Crippen LogP contribution in [-0.2, 0) is 17.9 Å². The third-order valence-corrected chi connectivity index (χ3v) is 4.23. The molecule has 132 valence electrons. The van der Waals surface area contributed by atoms with Gasteiger partial charge in [0.15, 0.2) is 0 Å². The molecule has 4 nitrogen and oxygen atoms in total. The molecule has 2 N–H and O–H groups in total. The molecule has 2 rings (SSSR count). The van der Waals surface area contributed by atoms with E-state index in [1.165, 1.54) is 4.90 Å². The molecule has 0 amide bonds. The van der Waals surface area contributed by atoms with E-state index in [0.29, 0.717) is 6.61 Å². The van der Waals surface area contributed by atoms with Crippen LogP contribution in [0.15, 0.2) is 60.7 Å². The maximum Gasteiger partial charge on any atom is 0.0993 e. The predicted molar refractivity (Wildman–Crippen MR) is 110 cm³/mol. The molecular formula is C19H21B4NO3. The van der Waals surface area contributed by atoms with Crippen molar-refractivity contribution in [2.45, 2.75) is 30.0 Å². The number of rotatable bonds is 10. The summed E-state index contributed by atoms with van der Waals surface area (Å²) in [4.78, 5) is 1.43. The second-order valence-corrected chi connectivity index (χ2v) is 6.67. The molecule has 0 heterocycles. The minimum atomic E-state index is -2.37. The molecule has 8 radical (unpaired) electrons. The molecule has 0 aliphatic rings. The number of aliphatic hydroxyl groups excluding tert-OH is 1. The van der Waals surface area contributed by atoms with Crippen molar-refractivity contribution >= 4 is 31.4 Å². The van der Waals surface area contributed by atoms with Gasteiger partial charge in [0.1, 0.15) is 0 Å². The van der Waals surface area contributed by atoms with Gasteiger partial charge in [0.05, 0.1) is 50.7 Å². The fraction of sp³-hybridized carbons (Fsp3) is 0.368. The predicted octanol–water partition coefficient (Wildman–Crippen LogP) is 0.0402. The Morgan fingerprint density at radius 2 is 1.41 bits per heavy atom. The van der Waals surface area contributed by atoms with Crippen molar-refractivity contribution in [1.82, 2.24) is 4.90 Å². The molecule has 0 spiro atoms. The molecule has 0 saturated carbocycles. The quantitative estimate of drug-likeness (QED) is 0.592. The average molecular weight is 355 g/mol. The Labute approximate surface area is 166 Å². The van der Waals surface area contributed by atoms with Gasteiger partial charge in [-0.15, -0.1) is 0 Å². The molecular weight excluding hydrogens is 333 g/mol. The number of ether oxygens (including phenoxy) is 1. The van der Waals surface area contributed by atoms with Gasteiger partial charge in [-0.3, -0.25) is 0 Å². The zero-order valence-corrected chi connectivity index (χ0v) is 15.2. The van der Waals surface area contributed by atoms with E-state index in [4.69, 9.17) is 36.1 Å². The first-order chi connectivity index (χ1) is 12.7. The van der Waals surface area contributed by atoms with Crippen LogP contribution in [0.25, 0.3) is 0 Å². The van der Waals surface area contributed by atoms with E-state index in [-0.39, 0.29) is 19.7 Å². The van der Waals surface area contributed by atoms with Crippen LogP contribution in [-0.4, -0.2) is 76.5 Å². The number of nitrogens with zero attached hydrogens (tertiary/aromatic N) is 1. The fourth-order valence-electron chi connectivity index (χ4n) is 2.60. The van der Waals surface area contributed by atoms with E-state index >= 15 is 0 Å². The first kappa shape index (κ1) is 21.8. The second kappa shape index (κ2) is 9.65. The molecule has 8 heteroatoms. The van der Waals surface area contributed by atoms with Crippen LogP contribution in [0.3, 0.4) is 0 Å². The van der Waals surface area contributed by atoms with Crippen molar-refractivity contribution in [2.24, 2.45) is 0 Å². The highest BCUT2D eigenvalue weighted by molar-refractivity contribution is 6.53. The van der Waals surface area contributed by atoms with Crippen molar-refractivity contribution in [3.8, 4) is 0 Å². The topological polar surface area (TPSA) is 52.9 Å². The largest absolute Gasteiger partial charge is 0.409 e. The molecule has 0 aliphatic heterocycles. The average Bonchev–Trinajstić information content (AvgIpc) is 2.62. The molecule has 27 heavy (non-hydrogen) atoms. The number of aliphatic hydroxyl groups is 2. The van der Waals surface area contributed by atoms with E-state index in [0.717, 1.165) is 11.1 Å². The van der Waals surface area contributed by atoms with Crippen LogP contribution >= 0.6 is 0 Å². The van der Waals surface area contributed by atoms with Crippen molar-refractivity contribution in [3.63, 3.8) is 0 Å². The lowest BCUT2D eigenvalue weighted by molar-refractivity contribution is -0.00925.